The third-order valence-corrected chi connectivity index (χ3v) is 4.41. The highest BCUT2D eigenvalue weighted by Crippen LogP contribution is 2.37. The van der Waals surface area contributed by atoms with E-state index in [0.717, 1.165) is 6.42 Å². The number of hydrogen-bond donors (Lipinski definition) is 0. The Balaban J connectivity index is 0.000000166. The van der Waals surface area contributed by atoms with Crippen molar-refractivity contribution in [3.05, 3.63) is 94.0 Å². The molecule has 0 heterocycles. The zero-order chi connectivity index (χ0) is 16.4. The highest BCUT2D eigenvalue weighted by molar-refractivity contribution is 5.77. The first-order chi connectivity index (χ1) is 11.0. The largest absolute Gasteiger partial charge is 0.0591 e. The predicted molar refractivity (Wildman–Crippen MR) is 100 cm³/mol. The molecule has 0 aromatic heterocycles. The van der Waals surface area contributed by atoms with E-state index in [9.17, 15) is 0 Å². The second-order valence-corrected chi connectivity index (χ2v) is 6.65. The summed E-state index contributed by atoms with van der Waals surface area (Å²) in [6.45, 7) is 8.52. The SMILES string of the molecule is Cc1ccc(C)cc1.Cc1ccc2c(c1)Cc1cc(C)ccc1-2. The third kappa shape index (κ3) is 3.53. The highest BCUT2D eigenvalue weighted by Gasteiger charge is 2.17. The van der Waals surface area contributed by atoms with Gasteiger partial charge in [-0.1, -0.05) is 82.9 Å². The molecule has 4 rings (SSSR count). The minimum Gasteiger partial charge on any atom is -0.0591 e. The lowest BCUT2D eigenvalue weighted by atomic mass is 10.0. The number of benzene rings is 3. The van der Waals surface area contributed by atoms with E-state index in [4.69, 9.17) is 0 Å². The van der Waals surface area contributed by atoms with E-state index in [1.54, 1.807) is 0 Å². The zero-order valence-electron chi connectivity index (χ0n) is 14.5. The van der Waals surface area contributed by atoms with Crippen LogP contribution >= 0.6 is 0 Å². The van der Waals surface area contributed by atoms with Crippen LogP contribution in [0.2, 0.25) is 0 Å². The summed E-state index contributed by atoms with van der Waals surface area (Å²) < 4.78 is 0. The molecular formula is C23H24. The Morgan fingerprint density at radius 3 is 1.22 bits per heavy atom. The van der Waals surface area contributed by atoms with Gasteiger partial charge in [0, 0.05) is 0 Å². The van der Waals surface area contributed by atoms with E-state index in [0.29, 0.717) is 0 Å². The number of rotatable bonds is 0. The first-order valence-corrected chi connectivity index (χ1v) is 8.25. The summed E-state index contributed by atoms with van der Waals surface area (Å²) in [7, 11) is 0. The molecule has 3 aromatic carbocycles. The second-order valence-electron chi connectivity index (χ2n) is 6.65. The Hall–Kier alpha value is -2.34. The van der Waals surface area contributed by atoms with E-state index < -0.39 is 0 Å². The first kappa shape index (κ1) is 15.6. The van der Waals surface area contributed by atoms with Crippen molar-refractivity contribution in [2.75, 3.05) is 0 Å². The maximum Gasteiger partial charge on any atom is -0.00133 e. The van der Waals surface area contributed by atoms with E-state index in [2.05, 4.69) is 88.4 Å². The van der Waals surface area contributed by atoms with Crippen LogP contribution in [0.5, 0.6) is 0 Å². The molecule has 0 saturated heterocycles. The van der Waals surface area contributed by atoms with Crippen LogP contribution in [0, 0.1) is 27.7 Å². The Kier molecular flexibility index (Phi) is 4.34. The molecule has 1 aliphatic rings. The van der Waals surface area contributed by atoms with Gasteiger partial charge < -0.3 is 0 Å². The average molecular weight is 300 g/mol. The molecule has 0 N–H and O–H groups in total. The lowest BCUT2D eigenvalue weighted by molar-refractivity contribution is 1.24. The highest BCUT2D eigenvalue weighted by atomic mass is 14.2. The third-order valence-electron chi connectivity index (χ3n) is 4.41. The molecule has 0 bridgehead atoms. The van der Waals surface area contributed by atoms with Crippen LogP contribution in [0.15, 0.2) is 60.7 Å². The van der Waals surface area contributed by atoms with Gasteiger partial charge in [-0.15, -0.1) is 0 Å². The maximum atomic E-state index is 2.31. The molecule has 0 nitrogen and oxygen atoms in total. The van der Waals surface area contributed by atoms with Gasteiger partial charge in [0.05, 0.1) is 0 Å². The molecule has 0 atom stereocenters. The van der Waals surface area contributed by atoms with Crippen LogP contribution in [0.3, 0.4) is 0 Å². The van der Waals surface area contributed by atoms with Crippen LogP contribution in [0.25, 0.3) is 11.1 Å². The fourth-order valence-corrected chi connectivity index (χ4v) is 3.11. The molecular weight excluding hydrogens is 276 g/mol. The minimum absolute atomic E-state index is 1.11. The quantitative estimate of drug-likeness (QED) is 0.364. The van der Waals surface area contributed by atoms with Crippen LogP contribution in [0.4, 0.5) is 0 Å². The van der Waals surface area contributed by atoms with Crippen molar-refractivity contribution in [2.24, 2.45) is 0 Å². The predicted octanol–water partition coefficient (Wildman–Crippen LogP) is 6.18. The lowest BCUT2D eigenvalue weighted by Crippen LogP contribution is -1.81. The smallest absolute Gasteiger partial charge is 0.00133 e. The van der Waals surface area contributed by atoms with Crippen molar-refractivity contribution in [2.45, 2.75) is 34.1 Å². The van der Waals surface area contributed by atoms with Crippen molar-refractivity contribution in [1.29, 1.82) is 0 Å². The van der Waals surface area contributed by atoms with Gasteiger partial charge in [0.15, 0.2) is 0 Å². The topological polar surface area (TPSA) is 0 Å². The maximum absolute atomic E-state index is 2.31. The molecule has 0 amide bonds. The zero-order valence-corrected chi connectivity index (χ0v) is 14.5. The van der Waals surface area contributed by atoms with Crippen LogP contribution in [0.1, 0.15) is 33.4 Å². The van der Waals surface area contributed by atoms with Crippen LogP contribution < -0.4 is 0 Å². The van der Waals surface area contributed by atoms with Gasteiger partial charge in [0.25, 0.3) is 0 Å². The molecule has 116 valence electrons. The second kappa shape index (κ2) is 6.42. The van der Waals surface area contributed by atoms with Crippen molar-refractivity contribution in [1.82, 2.24) is 0 Å². The normalized spacial score (nSPS) is 11.3. The summed E-state index contributed by atoms with van der Waals surface area (Å²) in [4.78, 5) is 0. The lowest BCUT2D eigenvalue weighted by Gasteiger charge is -2.01. The fraction of sp³-hybridized carbons (Fsp3) is 0.217. The van der Waals surface area contributed by atoms with Crippen molar-refractivity contribution in [3.8, 4) is 11.1 Å². The van der Waals surface area contributed by atoms with Gasteiger partial charge in [-0.25, -0.2) is 0 Å². The van der Waals surface area contributed by atoms with E-state index in [1.807, 2.05) is 0 Å². The molecule has 0 unspecified atom stereocenters. The van der Waals surface area contributed by atoms with Crippen LogP contribution in [-0.2, 0) is 6.42 Å². The monoisotopic (exact) mass is 300 g/mol. The summed E-state index contributed by atoms with van der Waals surface area (Å²) in [5.74, 6) is 0. The van der Waals surface area contributed by atoms with Gasteiger partial charge >= 0.3 is 0 Å². The number of hydrogen-bond acceptors (Lipinski definition) is 0. The number of fused-ring (bicyclic) bond motifs is 3. The standard InChI is InChI=1S/C15H14.C8H10/c1-10-3-5-14-12(7-10)9-13-8-11(2)4-6-15(13)14;1-7-3-5-8(2)6-4-7/h3-8H,9H2,1-2H3;3-6H,1-2H3. The Morgan fingerprint density at radius 2 is 0.826 bits per heavy atom. The minimum atomic E-state index is 1.11. The Bertz CT molecular complexity index is 753. The Labute approximate surface area is 139 Å². The summed E-state index contributed by atoms with van der Waals surface area (Å²) in [6, 6.07) is 22.0. The molecule has 0 spiro atoms. The summed E-state index contributed by atoms with van der Waals surface area (Å²) in [5, 5.41) is 0. The van der Waals surface area contributed by atoms with Gasteiger partial charge in [0.1, 0.15) is 0 Å². The van der Waals surface area contributed by atoms with Crippen LogP contribution in [-0.4, -0.2) is 0 Å². The molecule has 0 aliphatic heterocycles. The molecule has 0 heteroatoms. The van der Waals surface area contributed by atoms with Gasteiger partial charge in [0.2, 0.25) is 0 Å². The fourth-order valence-electron chi connectivity index (χ4n) is 3.11. The molecule has 0 saturated carbocycles. The summed E-state index contributed by atoms with van der Waals surface area (Å²) >= 11 is 0. The summed E-state index contributed by atoms with van der Waals surface area (Å²) in [6.07, 6.45) is 1.11. The average Bonchev–Trinajstić information content (AvgIpc) is 2.87. The van der Waals surface area contributed by atoms with Crippen molar-refractivity contribution in [3.63, 3.8) is 0 Å². The van der Waals surface area contributed by atoms with Gasteiger partial charge in [-0.3, -0.25) is 0 Å². The molecule has 23 heavy (non-hydrogen) atoms. The Morgan fingerprint density at radius 1 is 0.478 bits per heavy atom. The first-order valence-electron chi connectivity index (χ1n) is 8.25. The van der Waals surface area contributed by atoms with E-state index in [-0.39, 0.29) is 0 Å². The molecule has 3 aromatic rings. The van der Waals surface area contributed by atoms with E-state index in [1.165, 1.54) is 44.5 Å². The summed E-state index contributed by atoms with van der Waals surface area (Å²) in [5.41, 5.74) is 11.2. The number of aryl methyl sites for hydroxylation is 4. The van der Waals surface area contributed by atoms with Gasteiger partial charge in [-0.2, -0.15) is 0 Å². The van der Waals surface area contributed by atoms with Gasteiger partial charge in [-0.05, 0) is 56.4 Å². The molecule has 1 aliphatic carbocycles. The van der Waals surface area contributed by atoms with Crippen molar-refractivity contribution < 1.29 is 0 Å². The molecule has 0 fully saturated rings. The van der Waals surface area contributed by atoms with E-state index >= 15 is 0 Å². The van der Waals surface area contributed by atoms with Crippen molar-refractivity contribution >= 4 is 0 Å². The molecule has 0 radical (unpaired) electrons.